The SMILES string of the molecule is CCc1nc(Br)cnc1-c1cc(OC(F)(F)F)ccc1OC. The van der Waals surface area contributed by atoms with E-state index in [4.69, 9.17) is 4.74 Å². The fourth-order valence-corrected chi connectivity index (χ4v) is 2.26. The van der Waals surface area contributed by atoms with Crippen molar-refractivity contribution in [2.45, 2.75) is 19.7 Å². The molecule has 0 aliphatic carbocycles. The monoisotopic (exact) mass is 376 g/mol. The highest BCUT2D eigenvalue weighted by molar-refractivity contribution is 9.10. The van der Waals surface area contributed by atoms with Gasteiger partial charge in [-0.25, -0.2) is 4.98 Å². The second kappa shape index (κ2) is 6.51. The quantitative estimate of drug-likeness (QED) is 0.794. The Morgan fingerprint density at radius 1 is 1.27 bits per heavy atom. The van der Waals surface area contributed by atoms with Crippen molar-refractivity contribution in [3.8, 4) is 22.8 Å². The van der Waals surface area contributed by atoms with Gasteiger partial charge in [-0.05, 0) is 40.5 Å². The van der Waals surface area contributed by atoms with Crippen molar-refractivity contribution in [2.75, 3.05) is 7.11 Å². The number of aromatic nitrogens is 2. The van der Waals surface area contributed by atoms with Gasteiger partial charge in [-0.15, -0.1) is 13.2 Å². The summed E-state index contributed by atoms with van der Waals surface area (Å²) in [6.45, 7) is 1.88. The van der Waals surface area contributed by atoms with Crippen LogP contribution in [0.4, 0.5) is 13.2 Å². The molecule has 0 bridgehead atoms. The van der Waals surface area contributed by atoms with E-state index in [-0.39, 0.29) is 5.75 Å². The predicted molar refractivity (Wildman–Crippen MR) is 77.8 cm³/mol. The van der Waals surface area contributed by atoms with Crippen LogP contribution in [-0.4, -0.2) is 23.4 Å². The Labute approximate surface area is 133 Å². The van der Waals surface area contributed by atoms with E-state index in [2.05, 4.69) is 30.6 Å². The summed E-state index contributed by atoms with van der Waals surface area (Å²) in [4.78, 5) is 8.52. The van der Waals surface area contributed by atoms with Crippen LogP contribution in [0.3, 0.4) is 0 Å². The Bertz CT molecular complexity index is 678. The maximum absolute atomic E-state index is 12.4. The van der Waals surface area contributed by atoms with Crippen molar-refractivity contribution >= 4 is 15.9 Å². The molecule has 0 atom stereocenters. The third-order valence-electron chi connectivity index (χ3n) is 2.81. The van der Waals surface area contributed by atoms with E-state index >= 15 is 0 Å². The summed E-state index contributed by atoms with van der Waals surface area (Å²) in [5.74, 6) is 0.0518. The van der Waals surface area contributed by atoms with Gasteiger partial charge >= 0.3 is 6.36 Å². The van der Waals surface area contributed by atoms with Gasteiger partial charge in [0.25, 0.3) is 0 Å². The van der Waals surface area contributed by atoms with Gasteiger partial charge in [0.05, 0.1) is 24.7 Å². The topological polar surface area (TPSA) is 44.2 Å². The standard InChI is InChI=1S/C14H12BrF3N2O2/c1-3-10-13(19-7-12(15)20-10)9-6-8(22-14(16,17)18)4-5-11(9)21-2/h4-7H,3H2,1-2H3. The average Bonchev–Trinajstić information content (AvgIpc) is 2.45. The van der Waals surface area contributed by atoms with Crippen LogP contribution in [0, 0.1) is 0 Å². The molecule has 1 aromatic carbocycles. The summed E-state index contributed by atoms with van der Waals surface area (Å²) >= 11 is 3.22. The third kappa shape index (κ3) is 3.88. The Kier molecular flexibility index (Phi) is 4.90. The molecule has 0 fully saturated rings. The zero-order chi connectivity index (χ0) is 16.3. The summed E-state index contributed by atoms with van der Waals surface area (Å²) < 4.78 is 46.8. The molecule has 0 aliphatic heterocycles. The van der Waals surface area contributed by atoms with Crippen molar-refractivity contribution < 1.29 is 22.6 Å². The first-order chi connectivity index (χ1) is 10.3. The smallest absolute Gasteiger partial charge is 0.496 e. The van der Waals surface area contributed by atoms with Crippen LogP contribution in [0.15, 0.2) is 29.0 Å². The van der Waals surface area contributed by atoms with E-state index < -0.39 is 6.36 Å². The first-order valence-electron chi connectivity index (χ1n) is 6.29. The van der Waals surface area contributed by atoms with E-state index in [1.807, 2.05) is 6.92 Å². The van der Waals surface area contributed by atoms with E-state index in [0.717, 1.165) is 0 Å². The van der Waals surface area contributed by atoms with Crippen LogP contribution in [0.1, 0.15) is 12.6 Å². The van der Waals surface area contributed by atoms with E-state index in [1.165, 1.54) is 31.5 Å². The molecule has 0 spiro atoms. The summed E-state index contributed by atoms with van der Waals surface area (Å²) in [5, 5.41) is 0. The zero-order valence-corrected chi connectivity index (χ0v) is 13.3. The van der Waals surface area contributed by atoms with Crippen LogP contribution >= 0.6 is 15.9 Å². The van der Waals surface area contributed by atoms with Gasteiger partial charge < -0.3 is 9.47 Å². The maximum Gasteiger partial charge on any atom is 0.573 e. The molecule has 22 heavy (non-hydrogen) atoms. The molecule has 0 N–H and O–H groups in total. The Morgan fingerprint density at radius 2 is 2.00 bits per heavy atom. The van der Waals surface area contributed by atoms with Crippen LogP contribution in [0.2, 0.25) is 0 Å². The molecule has 2 rings (SSSR count). The highest BCUT2D eigenvalue weighted by atomic mass is 79.9. The number of aryl methyl sites for hydroxylation is 1. The lowest BCUT2D eigenvalue weighted by atomic mass is 10.1. The molecule has 0 amide bonds. The summed E-state index contributed by atoms with van der Waals surface area (Å²) in [5.41, 5.74) is 1.48. The average molecular weight is 377 g/mol. The van der Waals surface area contributed by atoms with Crippen LogP contribution in [0.25, 0.3) is 11.3 Å². The second-order valence-corrected chi connectivity index (χ2v) is 5.06. The minimum Gasteiger partial charge on any atom is -0.496 e. The van der Waals surface area contributed by atoms with Gasteiger partial charge in [0.1, 0.15) is 16.1 Å². The number of halogens is 4. The van der Waals surface area contributed by atoms with Gasteiger partial charge in [-0.3, -0.25) is 4.98 Å². The number of rotatable bonds is 4. The van der Waals surface area contributed by atoms with Crippen molar-refractivity contribution in [3.05, 3.63) is 34.7 Å². The Balaban J connectivity index is 2.55. The summed E-state index contributed by atoms with van der Waals surface area (Å²) in [7, 11) is 1.43. The van der Waals surface area contributed by atoms with Crippen LogP contribution < -0.4 is 9.47 Å². The first kappa shape index (κ1) is 16.5. The lowest BCUT2D eigenvalue weighted by Crippen LogP contribution is -2.17. The van der Waals surface area contributed by atoms with Crippen LogP contribution in [-0.2, 0) is 6.42 Å². The predicted octanol–water partition coefficient (Wildman–Crippen LogP) is 4.38. The number of hydrogen-bond acceptors (Lipinski definition) is 4. The molecule has 1 heterocycles. The highest BCUT2D eigenvalue weighted by Gasteiger charge is 2.31. The second-order valence-electron chi connectivity index (χ2n) is 4.25. The number of nitrogens with zero attached hydrogens (tertiary/aromatic N) is 2. The van der Waals surface area contributed by atoms with Crippen molar-refractivity contribution in [2.24, 2.45) is 0 Å². The molecule has 4 nitrogen and oxygen atoms in total. The zero-order valence-electron chi connectivity index (χ0n) is 11.7. The van der Waals surface area contributed by atoms with E-state index in [9.17, 15) is 13.2 Å². The minimum absolute atomic E-state index is 0.338. The Hall–Kier alpha value is -1.83. The maximum atomic E-state index is 12.4. The largest absolute Gasteiger partial charge is 0.573 e. The molecule has 1 aromatic heterocycles. The fourth-order valence-electron chi connectivity index (χ4n) is 1.94. The van der Waals surface area contributed by atoms with Gasteiger partial charge in [-0.1, -0.05) is 6.92 Å². The molecular formula is C14H12BrF3N2O2. The van der Waals surface area contributed by atoms with Crippen molar-refractivity contribution in [1.29, 1.82) is 0 Å². The fraction of sp³-hybridized carbons (Fsp3) is 0.286. The third-order valence-corrected chi connectivity index (χ3v) is 3.19. The number of ether oxygens (including phenoxy) is 2. The number of alkyl halides is 3. The number of methoxy groups -OCH3 is 1. The van der Waals surface area contributed by atoms with Gasteiger partial charge in [0.2, 0.25) is 0 Å². The van der Waals surface area contributed by atoms with Crippen LogP contribution in [0.5, 0.6) is 11.5 Å². The summed E-state index contributed by atoms with van der Waals surface area (Å²) in [6.07, 6.45) is -2.72. The summed E-state index contributed by atoms with van der Waals surface area (Å²) in [6, 6.07) is 3.83. The van der Waals surface area contributed by atoms with E-state index in [1.54, 1.807) is 0 Å². The number of hydrogen-bond donors (Lipinski definition) is 0. The highest BCUT2D eigenvalue weighted by Crippen LogP contribution is 2.35. The Morgan fingerprint density at radius 3 is 2.59 bits per heavy atom. The van der Waals surface area contributed by atoms with Crippen molar-refractivity contribution in [3.63, 3.8) is 0 Å². The normalized spacial score (nSPS) is 11.4. The van der Waals surface area contributed by atoms with Crippen molar-refractivity contribution in [1.82, 2.24) is 9.97 Å². The molecule has 0 aliphatic rings. The minimum atomic E-state index is -4.76. The molecular weight excluding hydrogens is 365 g/mol. The molecule has 0 radical (unpaired) electrons. The van der Waals surface area contributed by atoms with E-state index in [0.29, 0.717) is 33.7 Å². The lowest BCUT2D eigenvalue weighted by Gasteiger charge is -2.14. The first-order valence-corrected chi connectivity index (χ1v) is 7.09. The van der Waals surface area contributed by atoms with Gasteiger partial charge in [0.15, 0.2) is 0 Å². The molecule has 8 heteroatoms. The van der Waals surface area contributed by atoms with Gasteiger partial charge in [0, 0.05) is 5.56 Å². The number of benzene rings is 1. The molecule has 118 valence electrons. The molecule has 0 saturated heterocycles. The molecule has 0 unspecified atom stereocenters. The van der Waals surface area contributed by atoms with Gasteiger partial charge in [-0.2, -0.15) is 0 Å². The lowest BCUT2D eigenvalue weighted by molar-refractivity contribution is -0.274. The molecule has 0 saturated carbocycles. The molecule has 2 aromatic rings.